The average Bonchev–Trinajstić information content (AvgIpc) is 2.34. The molecule has 1 heterocycles. The maximum atomic E-state index is 10.7. The number of hydrogen-bond acceptors (Lipinski definition) is 4. The van der Waals surface area contributed by atoms with E-state index in [0.717, 1.165) is 11.3 Å². The molecule has 1 rings (SSSR count). The molecular weight excluding hydrogens is 214 g/mol. The van der Waals surface area contributed by atoms with Crippen LogP contribution >= 0.6 is 11.3 Å². The first-order chi connectivity index (χ1) is 5.93. The standard InChI is InChI=1S/C6H6NO4S2/c7-6(8)5(13(9,10)11)4-2-1-3-12-4/h1-3,5,7H,(H,9,10,11). The van der Waals surface area contributed by atoms with E-state index >= 15 is 0 Å². The van der Waals surface area contributed by atoms with Crippen molar-refractivity contribution < 1.29 is 17.8 Å². The van der Waals surface area contributed by atoms with Crippen LogP contribution in [0.15, 0.2) is 17.5 Å². The fourth-order valence-electron chi connectivity index (χ4n) is 0.852. The number of amides is 1. The molecule has 1 radical (unpaired) electrons. The van der Waals surface area contributed by atoms with Crippen LogP contribution in [0.3, 0.4) is 0 Å². The zero-order valence-corrected chi connectivity index (χ0v) is 7.93. The van der Waals surface area contributed by atoms with Crippen LogP contribution in [0.1, 0.15) is 10.1 Å². The third kappa shape index (κ3) is 2.27. The molecule has 1 aromatic rings. The van der Waals surface area contributed by atoms with Gasteiger partial charge in [-0.05, 0) is 11.4 Å². The summed E-state index contributed by atoms with van der Waals surface area (Å²) >= 11 is 1.01. The van der Waals surface area contributed by atoms with Gasteiger partial charge in [0.05, 0.1) is 0 Å². The zero-order valence-electron chi connectivity index (χ0n) is 6.30. The Morgan fingerprint density at radius 1 is 1.62 bits per heavy atom. The first kappa shape index (κ1) is 10.2. The smallest absolute Gasteiger partial charge is 0.282 e. The molecule has 71 valence electrons. The molecule has 0 bridgehead atoms. The Kier molecular flexibility index (Phi) is 2.69. The van der Waals surface area contributed by atoms with Crippen molar-refractivity contribution in [3.63, 3.8) is 0 Å². The van der Waals surface area contributed by atoms with Crippen molar-refractivity contribution in [2.24, 2.45) is 0 Å². The highest BCUT2D eigenvalue weighted by Crippen LogP contribution is 2.25. The number of rotatable bonds is 3. The third-order valence-electron chi connectivity index (χ3n) is 1.34. The second-order valence-electron chi connectivity index (χ2n) is 2.27. The van der Waals surface area contributed by atoms with Gasteiger partial charge in [0.25, 0.3) is 16.0 Å². The molecule has 1 amide bonds. The van der Waals surface area contributed by atoms with Crippen LogP contribution in [-0.4, -0.2) is 18.9 Å². The van der Waals surface area contributed by atoms with Crippen molar-refractivity contribution in [2.75, 3.05) is 0 Å². The minimum Gasteiger partial charge on any atom is -0.285 e. The van der Waals surface area contributed by atoms with E-state index in [9.17, 15) is 13.2 Å². The lowest BCUT2D eigenvalue weighted by atomic mass is 10.3. The predicted molar refractivity (Wildman–Crippen MR) is 46.7 cm³/mol. The van der Waals surface area contributed by atoms with Crippen molar-refractivity contribution in [3.05, 3.63) is 22.4 Å². The summed E-state index contributed by atoms with van der Waals surface area (Å²) in [6.07, 6.45) is 0. The van der Waals surface area contributed by atoms with E-state index in [0.29, 0.717) is 0 Å². The first-order valence-corrected chi connectivity index (χ1v) is 5.56. The Morgan fingerprint density at radius 2 is 2.23 bits per heavy atom. The zero-order chi connectivity index (χ0) is 10.1. The minimum atomic E-state index is -4.51. The molecule has 5 nitrogen and oxygen atoms in total. The SMILES string of the molecule is [NH]C(=O)C(c1cccs1)S(=O)(=O)O. The lowest BCUT2D eigenvalue weighted by Crippen LogP contribution is -2.21. The summed E-state index contributed by atoms with van der Waals surface area (Å²) < 4.78 is 30.0. The van der Waals surface area contributed by atoms with Crippen LogP contribution < -0.4 is 5.73 Å². The summed E-state index contributed by atoms with van der Waals surface area (Å²) in [7, 11) is -4.51. The molecule has 0 aromatic carbocycles. The van der Waals surface area contributed by atoms with Gasteiger partial charge in [-0.3, -0.25) is 15.1 Å². The molecule has 0 saturated heterocycles. The Hall–Kier alpha value is -0.920. The number of nitrogens with one attached hydrogen (secondary N) is 1. The summed E-state index contributed by atoms with van der Waals surface area (Å²) in [5.74, 6) is -1.33. The second-order valence-corrected chi connectivity index (χ2v) is 4.76. The lowest BCUT2D eigenvalue weighted by Gasteiger charge is -2.05. The molecular formula is C6H6NO4S2. The van der Waals surface area contributed by atoms with E-state index in [1.165, 1.54) is 6.07 Å². The first-order valence-electron chi connectivity index (χ1n) is 3.18. The molecule has 0 spiro atoms. The van der Waals surface area contributed by atoms with Gasteiger partial charge < -0.3 is 0 Å². The van der Waals surface area contributed by atoms with Crippen molar-refractivity contribution >= 4 is 27.4 Å². The van der Waals surface area contributed by atoms with Gasteiger partial charge in [0.2, 0.25) is 5.25 Å². The van der Waals surface area contributed by atoms with E-state index in [1.54, 1.807) is 11.4 Å². The highest BCUT2D eigenvalue weighted by atomic mass is 32.2. The highest BCUT2D eigenvalue weighted by molar-refractivity contribution is 7.87. The largest absolute Gasteiger partial charge is 0.285 e. The van der Waals surface area contributed by atoms with Crippen LogP contribution in [0.5, 0.6) is 0 Å². The molecule has 0 saturated carbocycles. The fraction of sp³-hybridized carbons (Fsp3) is 0.167. The molecule has 1 atom stereocenters. The van der Waals surface area contributed by atoms with Crippen LogP contribution in [0, 0.1) is 0 Å². The maximum Gasteiger partial charge on any atom is 0.282 e. The number of carbonyl (C=O) groups is 1. The van der Waals surface area contributed by atoms with Crippen LogP contribution in [0.2, 0.25) is 0 Å². The normalized spacial score (nSPS) is 13.9. The Morgan fingerprint density at radius 3 is 2.54 bits per heavy atom. The lowest BCUT2D eigenvalue weighted by molar-refractivity contribution is -0.118. The average molecular weight is 220 g/mol. The van der Waals surface area contributed by atoms with Gasteiger partial charge in [-0.15, -0.1) is 11.3 Å². The summed E-state index contributed by atoms with van der Waals surface area (Å²) in [6, 6.07) is 2.93. The van der Waals surface area contributed by atoms with E-state index in [2.05, 4.69) is 0 Å². The molecule has 0 aliphatic carbocycles. The van der Waals surface area contributed by atoms with Crippen molar-refractivity contribution in [2.45, 2.75) is 5.25 Å². The van der Waals surface area contributed by atoms with Gasteiger partial charge in [0, 0.05) is 4.88 Å². The fourth-order valence-corrected chi connectivity index (χ4v) is 2.73. The Balaban J connectivity index is 3.17. The highest BCUT2D eigenvalue weighted by Gasteiger charge is 2.32. The van der Waals surface area contributed by atoms with E-state index in [1.807, 2.05) is 0 Å². The summed E-state index contributed by atoms with van der Waals surface area (Å²) in [5.41, 5.74) is 6.70. The third-order valence-corrected chi connectivity index (χ3v) is 3.49. The molecule has 2 N–H and O–H groups in total. The van der Waals surface area contributed by atoms with E-state index in [-0.39, 0.29) is 4.88 Å². The monoisotopic (exact) mass is 220 g/mol. The topological polar surface area (TPSA) is 95.2 Å². The molecule has 0 fully saturated rings. The van der Waals surface area contributed by atoms with E-state index in [4.69, 9.17) is 10.3 Å². The molecule has 1 unspecified atom stereocenters. The molecule has 0 aliphatic heterocycles. The Labute approximate surface area is 78.9 Å². The van der Waals surface area contributed by atoms with Gasteiger partial charge in [-0.1, -0.05) is 6.07 Å². The summed E-state index contributed by atoms with van der Waals surface area (Å²) in [6.45, 7) is 0. The van der Waals surface area contributed by atoms with Crippen molar-refractivity contribution in [1.29, 1.82) is 0 Å². The molecule has 0 aliphatic rings. The van der Waals surface area contributed by atoms with Crippen LogP contribution in [-0.2, 0) is 14.9 Å². The van der Waals surface area contributed by atoms with Crippen molar-refractivity contribution in [3.8, 4) is 0 Å². The van der Waals surface area contributed by atoms with Gasteiger partial charge in [0.15, 0.2) is 0 Å². The number of hydrogen-bond donors (Lipinski definition) is 1. The summed E-state index contributed by atoms with van der Waals surface area (Å²) in [4.78, 5) is 10.8. The van der Waals surface area contributed by atoms with Crippen LogP contribution in [0.25, 0.3) is 0 Å². The Bertz CT molecular complexity index is 394. The maximum absolute atomic E-state index is 10.7. The van der Waals surface area contributed by atoms with Gasteiger partial charge >= 0.3 is 0 Å². The molecule has 13 heavy (non-hydrogen) atoms. The number of thiophene rings is 1. The van der Waals surface area contributed by atoms with Crippen molar-refractivity contribution in [1.82, 2.24) is 5.73 Å². The van der Waals surface area contributed by atoms with E-state index < -0.39 is 21.3 Å². The van der Waals surface area contributed by atoms with Crippen LogP contribution in [0.4, 0.5) is 0 Å². The van der Waals surface area contributed by atoms with Gasteiger partial charge in [-0.2, -0.15) is 8.42 Å². The number of carbonyl (C=O) groups excluding carboxylic acids is 1. The molecule has 1 aromatic heterocycles. The quantitative estimate of drug-likeness (QED) is 0.749. The second kappa shape index (κ2) is 3.44. The van der Waals surface area contributed by atoms with Gasteiger partial charge in [-0.25, -0.2) is 0 Å². The molecule has 7 heteroatoms. The predicted octanol–water partition coefficient (Wildman–Crippen LogP) is 0.487. The minimum absolute atomic E-state index is 0.155. The summed E-state index contributed by atoms with van der Waals surface area (Å²) in [5, 5.41) is -0.191. The van der Waals surface area contributed by atoms with Gasteiger partial charge in [0.1, 0.15) is 0 Å².